The van der Waals surface area contributed by atoms with Gasteiger partial charge in [0.2, 0.25) is 0 Å². The van der Waals surface area contributed by atoms with Crippen LogP contribution in [-0.4, -0.2) is 11.4 Å². The van der Waals surface area contributed by atoms with Crippen LogP contribution in [0.25, 0.3) is 5.70 Å². The van der Waals surface area contributed by atoms with Crippen LogP contribution in [0.4, 0.5) is 0 Å². The molecule has 0 saturated carbocycles. The number of hydrogen-bond acceptors (Lipinski definition) is 3. The minimum Gasteiger partial charge on any atom is -0.385 e. The van der Waals surface area contributed by atoms with Crippen molar-refractivity contribution in [3.63, 3.8) is 0 Å². The number of hydrogen-bond donors (Lipinski definition) is 2. The van der Waals surface area contributed by atoms with E-state index in [0.717, 1.165) is 0 Å². The minimum atomic E-state index is 0.332. The summed E-state index contributed by atoms with van der Waals surface area (Å²) < 4.78 is 0. The molecule has 2 nitrogen and oxygen atoms in total. The molecule has 2 heterocycles. The van der Waals surface area contributed by atoms with Gasteiger partial charge < -0.3 is 10.6 Å². The third-order valence-electron chi connectivity index (χ3n) is 3.85. The SMILES string of the molecule is CCCC1C=C(C2NC(c3ccc(C)cc3)=CS2)C=CN1. The van der Waals surface area contributed by atoms with Gasteiger partial charge in [-0.15, -0.1) is 11.8 Å². The highest BCUT2D eigenvalue weighted by Crippen LogP contribution is 2.32. The van der Waals surface area contributed by atoms with Gasteiger partial charge in [0.05, 0.1) is 0 Å². The molecule has 0 spiro atoms. The van der Waals surface area contributed by atoms with Crippen LogP contribution in [0.3, 0.4) is 0 Å². The molecule has 2 aliphatic rings. The molecule has 21 heavy (non-hydrogen) atoms. The predicted octanol–water partition coefficient (Wildman–Crippen LogP) is 4.17. The molecule has 1 aromatic carbocycles. The van der Waals surface area contributed by atoms with Crippen molar-refractivity contribution in [3.05, 3.63) is 64.7 Å². The van der Waals surface area contributed by atoms with E-state index in [1.165, 1.54) is 35.2 Å². The second kappa shape index (κ2) is 6.44. The van der Waals surface area contributed by atoms with Crippen LogP contribution in [0.2, 0.25) is 0 Å². The maximum atomic E-state index is 3.64. The molecule has 1 aromatic rings. The quantitative estimate of drug-likeness (QED) is 0.872. The first-order valence-corrected chi connectivity index (χ1v) is 8.54. The first-order valence-electron chi connectivity index (χ1n) is 7.60. The number of rotatable bonds is 4. The minimum absolute atomic E-state index is 0.332. The van der Waals surface area contributed by atoms with Crippen LogP contribution in [-0.2, 0) is 0 Å². The molecule has 2 N–H and O–H groups in total. The first kappa shape index (κ1) is 14.3. The van der Waals surface area contributed by atoms with Crippen molar-refractivity contribution in [2.75, 3.05) is 0 Å². The summed E-state index contributed by atoms with van der Waals surface area (Å²) in [5.74, 6) is 0. The molecule has 0 fully saturated rings. The van der Waals surface area contributed by atoms with Crippen molar-refractivity contribution in [2.45, 2.75) is 38.1 Å². The lowest BCUT2D eigenvalue weighted by Crippen LogP contribution is -2.29. The van der Waals surface area contributed by atoms with Crippen molar-refractivity contribution >= 4 is 17.5 Å². The average molecular weight is 298 g/mol. The Morgan fingerprint density at radius 1 is 1.19 bits per heavy atom. The summed E-state index contributed by atoms with van der Waals surface area (Å²) in [4.78, 5) is 0. The van der Waals surface area contributed by atoms with Crippen molar-refractivity contribution in [1.29, 1.82) is 0 Å². The summed E-state index contributed by atoms with van der Waals surface area (Å²) in [7, 11) is 0. The molecular formula is C18H22N2S. The largest absolute Gasteiger partial charge is 0.385 e. The van der Waals surface area contributed by atoms with E-state index in [-0.39, 0.29) is 0 Å². The Bertz CT molecular complexity index is 584. The zero-order chi connectivity index (χ0) is 14.7. The van der Waals surface area contributed by atoms with Gasteiger partial charge in [-0.1, -0.05) is 49.2 Å². The van der Waals surface area contributed by atoms with Crippen LogP contribution < -0.4 is 10.6 Å². The van der Waals surface area contributed by atoms with Crippen LogP contribution in [0, 0.1) is 6.92 Å². The monoisotopic (exact) mass is 298 g/mol. The van der Waals surface area contributed by atoms with E-state index in [1.54, 1.807) is 0 Å². The van der Waals surface area contributed by atoms with E-state index in [2.05, 4.69) is 72.5 Å². The van der Waals surface area contributed by atoms with Crippen LogP contribution in [0.5, 0.6) is 0 Å². The zero-order valence-corrected chi connectivity index (χ0v) is 13.4. The molecule has 2 aliphatic heterocycles. The molecule has 0 aliphatic carbocycles. The summed E-state index contributed by atoms with van der Waals surface area (Å²) in [6.07, 6.45) is 9.02. The van der Waals surface area contributed by atoms with E-state index in [9.17, 15) is 0 Å². The standard InChI is InChI=1S/C18H22N2S/c1-3-4-16-11-15(9-10-19-16)18-20-17(12-21-18)14-7-5-13(2)6-8-14/h5-12,16,18-20H,3-4H2,1-2H3. The maximum Gasteiger partial charge on any atom is 0.102 e. The fourth-order valence-electron chi connectivity index (χ4n) is 2.65. The Morgan fingerprint density at radius 3 is 2.76 bits per heavy atom. The first-order chi connectivity index (χ1) is 10.3. The lowest BCUT2D eigenvalue weighted by Gasteiger charge is -2.22. The van der Waals surface area contributed by atoms with Crippen molar-refractivity contribution in [3.8, 4) is 0 Å². The van der Waals surface area contributed by atoms with Gasteiger partial charge in [-0.25, -0.2) is 0 Å². The van der Waals surface area contributed by atoms with Crippen molar-refractivity contribution in [1.82, 2.24) is 10.6 Å². The van der Waals surface area contributed by atoms with Gasteiger partial charge in [-0.05, 0) is 42.2 Å². The highest BCUT2D eigenvalue weighted by molar-refractivity contribution is 8.03. The maximum absolute atomic E-state index is 3.64. The summed E-state index contributed by atoms with van der Waals surface area (Å²) in [5.41, 5.74) is 5.16. The molecule has 3 heteroatoms. The molecule has 2 unspecified atom stereocenters. The lowest BCUT2D eigenvalue weighted by molar-refractivity contribution is 0.615. The van der Waals surface area contributed by atoms with Crippen LogP contribution >= 0.6 is 11.8 Å². The van der Waals surface area contributed by atoms with Gasteiger partial charge in [-0.2, -0.15) is 0 Å². The third kappa shape index (κ3) is 3.35. The van der Waals surface area contributed by atoms with Gasteiger partial charge in [0.25, 0.3) is 0 Å². The highest BCUT2D eigenvalue weighted by Gasteiger charge is 2.22. The highest BCUT2D eigenvalue weighted by atomic mass is 32.2. The Kier molecular flexibility index (Phi) is 4.39. The molecule has 0 amide bonds. The number of nitrogens with one attached hydrogen (secondary N) is 2. The number of aryl methyl sites for hydroxylation is 1. The fourth-order valence-corrected chi connectivity index (χ4v) is 3.63. The summed E-state index contributed by atoms with van der Waals surface area (Å²) in [5, 5.41) is 9.62. The van der Waals surface area contributed by atoms with Gasteiger partial charge in [0.15, 0.2) is 0 Å². The van der Waals surface area contributed by atoms with Gasteiger partial charge in [0.1, 0.15) is 5.37 Å². The molecule has 110 valence electrons. The summed E-state index contributed by atoms with van der Waals surface area (Å²) >= 11 is 1.86. The number of benzene rings is 1. The van der Waals surface area contributed by atoms with Crippen LogP contribution in [0.1, 0.15) is 30.9 Å². The fraction of sp³-hybridized carbons (Fsp3) is 0.333. The molecular weight excluding hydrogens is 276 g/mol. The smallest absolute Gasteiger partial charge is 0.102 e. The molecule has 0 saturated heterocycles. The molecule has 0 aromatic heterocycles. The Balaban J connectivity index is 1.68. The molecule has 3 rings (SSSR count). The van der Waals surface area contributed by atoms with Gasteiger partial charge in [0, 0.05) is 11.7 Å². The second-order valence-electron chi connectivity index (χ2n) is 5.62. The number of dihydropyridines is 1. The van der Waals surface area contributed by atoms with Gasteiger partial charge in [-0.3, -0.25) is 0 Å². The molecule has 0 radical (unpaired) electrons. The Hall–Kier alpha value is -1.61. The summed E-state index contributed by atoms with van der Waals surface area (Å²) in [6, 6.07) is 9.17. The Labute approximate surface area is 131 Å². The van der Waals surface area contributed by atoms with Crippen molar-refractivity contribution in [2.24, 2.45) is 0 Å². The normalized spacial score (nSPS) is 24.1. The topological polar surface area (TPSA) is 24.1 Å². The lowest BCUT2D eigenvalue weighted by atomic mass is 10.0. The summed E-state index contributed by atoms with van der Waals surface area (Å²) in [6.45, 7) is 4.35. The molecule has 2 atom stereocenters. The van der Waals surface area contributed by atoms with E-state index in [4.69, 9.17) is 0 Å². The van der Waals surface area contributed by atoms with E-state index in [0.29, 0.717) is 11.4 Å². The zero-order valence-electron chi connectivity index (χ0n) is 12.6. The Morgan fingerprint density at radius 2 is 2.00 bits per heavy atom. The van der Waals surface area contributed by atoms with E-state index >= 15 is 0 Å². The predicted molar refractivity (Wildman–Crippen MR) is 92.7 cm³/mol. The van der Waals surface area contributed by atoms with E-state index < -0.39 is 0 Å². The van der Waals surface area contributed by atoms with Gasteiger partial charge >= 0.3 is 0 Å². The van der Waals surface area contributed by atoms with Crippen LogP contribution in [0.15, 0.2) is 53.6 Å². The third-order valence-corrected chi connectivity index (χ3v) is 4.89. The molecule has 0 bridgehead atoms. The van der Waals surface area contributed by atoms with E-state index in [1.807, 2.05) is 11.8 Å². The number of thioether (sulfide) groups is 1. The van der Waals surface area contributed by atoms with Crippen molar-refractivity contribution < 1.29 is 0 Å². The second-order valence-corrected chi connectivity index (χ2v) is 6.60. The average Bonchev–Trinajstić information content (AvgIpc) is 2.98.